The molecule has 158 valence electrons. The third-order valence-electron chi connectivity index (χ3n) is 6.83. The zero-order valence-corrected chi connectivity index (χ0v) is 18.2. The van der Waals surface area contributed by atoms with E-state index in [1.807, 2.05) is 6.07 Å². The second kappa shape index (κ2) is 9.07. The summed E-state index contributed by atoms with van der Waals surface area (Å²) in [5, 5.41) is 0. The van der Waals surface area contributed by atoms with E-state index < -0.39 is 0 Å². The maximum absolute atomic E-state index is 5.47. The molecular formula is C28H30N2O. The molecule has 0 spiro atoms. The Morgan fingerprint density at radius 2 is 1.68 bits per heavy atom. The highest BCUT2D eigenvalue weighted by atomic mass is 16.5. The van der Waals surface area contributed by atoms with E-state index in [-0.39, 0.29) is 0 Å². The van der Waals surface area contributed by atoms with Crippen LogP contribution in [-0.2, 0) is 13.0 Å². The number of fused-ring (bicyclic) bond motifs is 3. The molecule has 0 amide bonds. The quantitative estimate of drug-likeness (QED) is 0.525. The van der Waals surface area contributed by atoms with E-state index in [2.05, 4.69) is 77.7 Å². The fraction of sp³-hybridized carbons (Fsp3) is 0.321. The van der Waals surface area contributed by atoms with Crippen molar-refractivity contribution in [2.45, 2.75) is 31.8 Å². The van der Waals surface area contributed by atoms with Gasteiger partial charge in [0.1, 0.15) is 5.75 Å². The van der Waals surface area contributed by atoms with Crippen LogP contribution in [0, 0.1) is 5.92 Å². The van der Waals surface area contributed by atoms with Crippen molar-refractivity contribution in [1.29, 1.82) is 0 Å². The van der Waals surface area contributed by atoms with E-state index in [0.29, 0.717) is 12.0 Å². The third-order valence-corrected chi connectivity index (χ3v) is 6.83. The van der Waals surface area contributed by atoms with Gasteiger partial charge in [-0.15, -0.1) is 0 Å². The molecule has 2 bridgehead atoms. The summed E-state index contributed by atoms with van der Waals surface area (Å²) in [6.07, 6.45) is 3.51. The number of hydrogen-bond acceptors (Lipinski definition) is 3. The molecule has 31 heavy (non-hydrogen) atoms. The molecule has 0 aliphatic carbocycles. The molecule has 0 radical (unpaired) electrons. The smallest absolute Gasteiger partial charge is 0.119 e. The molecule has 0 aromatic heterocycles. The first kappa shape index (κ1) is 20.0. The lowest BCUT2D eigenvalue weighted by molar-refractivity contribution is 0.145. The lowest BCUT2D eigenvalue weighted by atomic mass is 9.78. The Labute approximate surface area is 185 Å². The summed E-state index contributed by atoms with van der Waals surface area (Å²) in [5.74, 6) is 1.54. The summed E-state index contributed by atoms with van der Waals surface area (Å²) >= 11 is 0. The first-order valence-electron chi connectivity index (χ1n) is 11.4. The van der Waals surface area contributed by atoms with Crippen molar-refractivity contribution in [2.24, 2.45) is 10.9 Å². The normalized spacial score (nSPS) is 23.8. The fourth-order valence-electron chi connectivity index (χ4n) is 5.18. The second-order valence-corrected chi connectivity index (χ2v) is 8.65. The number of methoxy groups -OCH3 is 1. The third kappa shape index (κ3) is 4.28. The molecule has 3 saturated heterocycles. The Balaban J connectivity index is 1.45. The number of nitrogens with zero attached hydrogens (tertiary/aromatic N) is 2. The van der Waals surface area contributed by atoms with Crippen molar-refractivity contribution in [2.75, 3.05) is 20.2 Å². The molecule has 0 saturated carbocycles. The van der Waals surface area contributed by atoms with Crippen LogP contribution in [0.3, 0.4) is 0 Å². The zero-order valence-electron chi connectivity index (χ0n) is 18.2. The second-order valence-electron chi connectivity index (χ2n) is 8.65. The number of aliphatic imine (C=N–C) groups is 1. The number of hydrogen-bond donors (Lipinski definition) is 0. The van der Waals surface area contributed by atoms with E-state index in [1.54, 1.807) is 7.11 Å². The minimum atomic E-state index is 0.406. The van der Waals surface area contributed by atoms with Gasteiger partial charge in [-0.2, -0.15) is 0 Å². The molecule has 1 unspecified atom stereocenters. The molecular weight excluding hydrogens is 380 g/mol. The summed E-state index contributed by atoms with van der Waals surface area (Å²) in [4.78, 5) is 7.86. The highest BCUT2D eigenvalue weighted by Crippen LogP contribution is 2.34. The zero-order chi connectivity index (χ0) is 21.0. The van der Waals surface area contributed by atoms with Crippen LogP contribution < -0.4 is 4.74 Å². The SMILES string of the molecule is COc1cccc(-c2ccccc2CC2C(=NCc3ccccc3)C3CCN2CC3)c1. The molecule has 3 heterocycles. The van der Waals surface area contributed by atoms with Crippen LogP contribution in [0.1, 0.15) is 24.0 Å². The van der Waals surface area contributed by atoms with Crippen molar-refractivity contribution in [3.8, 4) is 16.9 Å². The van der Waals surface area contributed by atoms with E-state index in [4.69, 9.17) is 9.73 Å². The molecule has 3 fully saturated rings. The largest absolute Gasteiger partial charge is 0.497 e. The Morgan fingerprint density at radius 1 is 0.903 bits per heavy atom. The van der Waals surface area contributed by atoms with E-state index in [0.717, 1.165) is 18.7 Å². The predicted octanol–water partition coefficient (Wildman–Crippen LogP) is 5.64. The summed E-state index contributed by atoms with van der Waals surface area (Å²) in [6, 6.07) is 28.3. The van der Waals surface area contributed by atoms with Gasteiger partial charge in [-0.3, -0.25) is 9.89 Å². The molecule has 3 aliphatic heterocycles. The van der Waals surface area contributed by atoms with Gasteiger partial charge in [0.15, 0.2) is 0 Å². The number of piperidine rings is 3. The first-order valence-corrected chi connectivity index (χ1v) is 11.4. The Hall–Kier alpha value is -2.91. The van der Waals surface area contributed by atoms with Gasteiger partial charge in [0.2, 0.25) is 0 Å². The molecule has 6 rings (SSSR count). The van der Waals surface area contributed by atoms with Crippen molar-refractivity contribution >= 4 is 5.71 Å². The van der Waals surface area contributed by atoms with E-state index in [1.165, 1.54) is 53.9 Å². The fourth-order valence-corrected chi connectivity index (χ4v) is 5.18. The maximum atomic E-state index is 5.47. The van der Waals surface area contributed by atoms with Gasteiger partial charge in [-0.05, 0) is 66.7 Å². The summed E-state index contributed by atoms with van der Waals surface area (Å²) in [7, 11) is 1.73. The molecule has 3 aromatic rings. The highest BCUT2D eigenvalue weighted by molar-refractivity contribution is 5.93. The Kier molecular flexibility index (Phi) is 5.86. The summed E-state index contributed by atoms with van der Waals surface area (Å²) < 4.78 is 5.47. The molecule has 3 aliphatic rings. The van der Waals surface area contributed by atoms with Gasteiger partial charge < -0.3 is 4.74 Å². The number of ether oxygens (including phenoxy) is 1. The van der Waals surface area contributed by atoms with Crippen LogP contribution >= 0.6 is 0 Å². The maximum Gasteiger partial charge on any atom is 0.119 e. The molecule has 3 aromatic carbocycles. The molecule has 3 heteroatoms. The average Bonchev–Trinajstić information content (AvgIpc) is 2.85. The van der Waals surface area contributed by atoms with Crippen molar-refractivity contribution in [3.05, 3.63) is 90.0 Å². The Bertz CT molecular complexity index is 1050. The van der Waals surface area contributed by atoms with Crippen molar-refractivity contribution in [1.82, 2.24) is 4.90 Å². The van der Waals surface area contributed by atoms with Crippen LogP contribution in [0.15, 0.2) is 83.9 Å². The minimum absolute atomic E-state index is 0.406. The highest BCUT2D eigenvalue weighted by Gasteiger charge is 2.39. The summed E-state index contributed by atoms with van der Waals surface area (Å²) in [5.41, 5.74) is 6.62. The van der Waals surface area contributed by atoms with Gasteiger partial charge in [0.05, 0.1) is 19.7 Å². The summed E-state index contributed by atoms with van der Waals surface area (Å²) in [6.45, 7) is 3.18. The number of rotatable bonds is 6. The topological polar surface area (TPSA) is 24.8 Å². The molecule has 1 atom stereocenters. The van der Waals surface area contributed by atoms with Gasteiger partial charge in [0.25, 0.3) is 0 Å². The Morgan fingerprint density at radius 3 is 2.48 bits per heavy atom. The lowest BCUT2D eigenvalue weighted by Gasteiger charge is -2.47. The van der Waals surface area contributed by atoms with Gasteiger partial charge >= 0.3 is 0 Å². The van der Waals surface area contributed by atoms with Crippen LogP contribution in [0.4, 0.5) is 0 Å². The van der Waals surface area contributed by atoms with Crippen molar-refractivity contribution in [3.63, 3.8) is 0 Å². The van der Waals surface area contributed by atoms with E-state index >= 15 is 0 Å². The van der Waals surface area contributed by atoms with Gasteiger partial charge in [-0.1, -0.05) is 66.7 Å². The monoisotopic (exact) mass is 410 g/mol. The molecule has 0 N–H and O–H groups in total. The van der Waals surface area contributed by atoms with Crippen LogP contribution in [0.2, 0.25) is 0 Å². The first-order chi connectivity index (χ1) is 15.3. The molecule has 3 nitrogen and oxygen atoms in total. The average molecular weight is 411 g/mol. The van der Waals surface area contributed by atoms with Crippen molar-refractivity contribution < 1.29 is 4.74 Å². The number of benzene rings is 3. The van der Waals surface area contributed by atoms with Gasteiger partial charge in [-0.25, -0.2) is 0 Å². The van der Waals surface area contributed by atoms with E-state index in [9.17, 15) is 0 Å². The van der Waals surface area contributed by atoms with Crippen LogP contribution in [0.25, 0.3) is 11.1 Å². The standard InChI is InChI=1S/C28H30N2O/c1-31-25-12-7-11-23(18-25)26-13-6-5-10-24(26)19-27-28(22-14-16-30(27)17-15-22)29-20-21-8-3-2-4-9-21/h2-13,18,22,27H,14-17,19-20H2,1H3. The minimum Gasteiger partial charge on any atom is -0.497 e. The van der Waals surface area contributed by atoms with Crippen LogP contribution in [0.5, 0.6) is 5.75 Å². The van der Waals surface area contributed by atoms with Crippen LogP contribution in [-0.4, -0.2) is 36.9 Å². The predicted molar refractivity (Wildman–Crippen MR) is 128 cm³/mol. The van der Waals surface area contributed by atoms with Gasteiger partial charge in [0, 0.05) is 11.6 Å². The lowest BCUT2D eigenvalue weighted by Crippen LogP contribution is -2.56.